The molecule has 1 aliphatic rings. The number of fused-ring (bicyclic) bond motifs is 1. The molecule has 0 saturated carbocycles. The van der Waals surface area contributed by atoms with Crippen LogP contribution >= 0.6 is 0 Å². The van der Waals surface area contributed by atoms with Gasteiger partial charge in [-0.1, -0.05) is 12.1 Å². The third-order valence-electron chi connectivity index (χ3n) is 4.57. The number of phenolic OH excluding ortho intramolecular Hbond substituents is 1. The minimum Gasteiger partial charge on any atom is -0.505 e. The Balaban J connectivity index is 1.84. The standard InChI is InChI=1S/C19H18F2N2O3/c1-22(2)12(7-11-8-16(21)17(24)9-15(11)20)10-23-18(25)13-5-3-4-6-14(13)19(23)26/h3-6,8-9,12,24H,7,10H2,1-2H3. The summed E-state index contributed by atoms with van der Waals surface area (Å²) in [4.78, 5) is 27.9. The van der Waals surface area contributed by atoms with Gasteiger partial charge >= 0.3 is 0 Å². The number of nitrogens with zero attached hydrogens (tertiary/aromatic N) is 2. The summed E-state index contributed by atoms with van der Waals surface area (Å²) < 4.78 is 27.6. The van der Waals surface area contributed by atoms with Gasteiger partial charge in [0, 0.05) is 18.7 Å². The quantitative estimate of drug-likeness (QED) is 0.832. The van der Waals surface area contributed by atoms with Crippen molar-refractivity contribution in [1.82, 2.24) is 9.80 Å². The van der Waals surface area contributed by atoms with Crippen LogP contribution in [0, 0.1) is 11.6 Å². The number of halogens is 2. The Labute approximate surface area is 149 Å². The zero-order valence-corrected chi connectivity index (χ0v) is 14.4. The fourth-order valence-electron chi connectivity index (χ4n) is 3.01. The summed E-state index contributed by atoms with van der Waals surface area (Å²) in [5.41, 5.74) is 0.754. The monoisotopic (exact) mass is 360 g/mol. The summed E-state index contributed by atoms with van der Waals surface area (Å²) in [6, 6.07) is 7.79. The molecule has 1 heterocycles. The van der Waals surface area contributed by atoms with Crippen LogP contribution in [0.2, 0.25) is 0 Å². The van der Waals surface area contributed by atoms with E-state index >= 15 is 0 Å². The fraction of sp³-hybridized carbons (Fsp3) is 0.263. The van der Waals surface area contributed by atoms with Crippen molar-refractivity contribution in [2.75, 3.05) is 20.6 Å². The summed E-state index contributed by atoms with van der Waals surface area (Å²) in [6.45, 7) is 0.0429. The van der Waals surface area contributed by atoms with Crippen LogP contribution in [-0.4, -0.2) is 53.4 Å². The molecular weight excluding hydrogens is 342 g/mol. The zero-order valence-electron chi connectivity index (χ0n) is 14.4. The molecule has 0 fully saturated rings. The van der Waals surface area contributed by atoms with E-state index in [-0.39, 0.29) is 18.5 Å². The first-order valence-corrected chi connectivity index (χ1v) is 8.08. The van der Waals surface area contributed by atoms with E-state index in [1.165, 1.54) is 0 Å². The Morgan fingerprint density at radius 3 is 2.15 bits per heavy atom. The van der Waals surface area contributed by atoms with Crippen LogP contribution in [0.3, 0.4) is 0 Å². The highest BCUT2D eigenvalue weighted by Crippen LogP contribution is 2.25. The molecule has 1 unspecified atom stereocenters. The van der Waals surface area contributed by atoms with Crippen LogP contribution in [0.5, 0.6) is 5.75 Å². The molecule has 2 amide bonds. The van der Waals surface area contributed by atoms with Gasteiger partial charge in [0.15, 0.2) is 11.6 Å². The molecule has 136 valence electrons. The zero-order chi connectivity index (χ0) is 19.0. The Kier molecular flexibility index (Phi) is 4.73. The Morgan fingerprint density at radius 2 is 1.62 bits per heavy atom. The van der Waals surface area contributed by atoms with Crippen molar-refractivity contribution in [3.05, 3.63) is 64.7 Å². The number of amides is 2. The molecule has 7 heteroatoms. The molecule has 2 aromatic rings. The number of phenols is 1. The molecule has 3 rings (SSSR count). The number of likely N-dealkylation sites (N-methyl/N-ethyl adjacent to an activating group) is 1. The predicted molar refractivity (Wildman–Crippen MR) is 91.0 cm³/mol. The van der Waals surface area contributed by atoms with E-state index in [2.05, 4.69) is 0 Å². The van der Waals surface area contributed by atoms with Gasteiger partial charge in [-0.2, -0.15) is 0 Å². The smallest absolute Gasteiger partial charge is 0.261 e. The van der Waals surface area contributed by atoms with Crippen molar-refractivity contribution >= 4 is 11.8 Å². The molecule has 0 aliphatic carbocycles. The average molecular weight is 360 g/mol. The molecule has 0 bridgehead atoms. The molecular formula is C19H18F2N2O3. The van der Waals surface area contributed by atoms with E-state index in [0.717, 1.165) is 17.0 Å². The summed E-state index contributed by atoms with van der Waals surface area (Å²) >= 11 is 0. The average Bonchev–Trinajstić information content (AvgIpc) is 2.84. The molecule has 1 N–H and O–H groups in total. The van der Waals surface area contributed by atoms with Crippen molar-refractivity contribution in [2.24, 2.45) is 0 Å². The number of carbonyl (C=O) groups excluding carboxylic acids is 2. The van der Waals surface area contributed by atoms with E-state index < -0.39 is 35.2 Å². The molecule has 2 aromatic carbocycles. The van der Waals surface area contributed by atoms with E-state index in [0.29, 0.717) is 11.1 Å². The minimum atomic E-state index is -0.917. The third kappa shape index (κ3) is 3.17. The van der Waals surface area contributed by atoms with E-state index in [4.69, 9.17) is 0 Å². The predicted octanol–water partition coefficient (Wildman–Crippen LogP) is 2.44. The number of imide groups is 1. The maximum absolute atomic E-state index is 14.0. The number of aromatic hydroxyl groups is 1. The lowest BCUT2D eigenvalue weighted by atomic mass is 10.0. The van der Waals surface area contributed by atoms with Crippen molar-refractivity contribution in [3.63, 3.8) is 0 Å². The van der Waals surface area contributed by atoms with Gasteiger partial charge in [-0.05, 0) is 44.3 Å². The second-order valence-electron chi connectivity index (χ2n) is 6.48. The van der Waals surface area contributed by atoms with Gasteiger partial charge in [-0.15, -0.1) is 0 Å². The number of hydrogen-bond acceptors (Lipinski definition) is 4. The molecule has 1 atom stereocenters. The van der Waals surface area contributed by atoms with Crippen LogP contribution in [0.4, 0.5) is 8.78 Å². The van der Waals surface area contributed by atoms with Gasteiger partial charge in [-0.3, -0.25) is 14.5 Å². The Hall–Kier alpha value is -2.80. The summed E-state index contributed by atoms with van der Waals surface area (Å²) in [7, 11) is 3.47. The van der Waals surface area contributed by atoms with Crippen molar-refractivity contribution in [3.8, 4) is 5.75 Å². The Bertz CT molecular complexity index is 848. The molecule has 0 aromatic heterocycles. The topological polar surface area (TPSA) is 60.9 Å². The molecule has 0 radical (unpaired) electrons. The van der Waals surface area contributed by atoms with E-state index in [9.17, 15) is 23.5 Å². The Morgan fingerprint density at radius 1 is 1.04 bits per heavy atom. The first kappa shape index (κ1) is 18.0. The third-order valence-corrected chi connectivity index (χ3v) is 4.57. The van der Waals surface area contributed by atoms with Crippen LogP contribution in [0.15, 0.2) is 36.4 Å². The molecule has 1 aliphatic heterocycles. The highest BCUT2D eigenvalue weighted by molar-refractivity contribution is 6.21. The maximum atomic E-state index is 14.0. The maximum Gasteiger partial charge on any atom is 0.261 e. The minimum absolute atomic E-state index is 0.0429. The highest BCUT2D eigenvalue weighted by Gasteiger charge is 2.36. The SMILES string of the molecule is CN(C)C(Cc1cc(F)c(O)cc1F)CN1C(=O)c2ccccc2C1=O. The molecule has 0 spiro atoms. The normalized spacial score (nSPS) is 14.9. The number of hydrogen-bond donors (Lipinski definition) is 1. The summed E-state index contributed by atoms with van der Waals surface area (Å²) in [5.74, 6) is -3.20. The van der Waals surface area contributed by atoms with Crippen LogP contribution < -0.4 is 0 Å². The van der Waals surface area contributed by atoms with Crippen molar-refractivity contribution in [1.29, 1.82) is 0 Å². The lowest BCUT2D eigenvalue weighted by molar-refractivity contribution is 0.0611. The van der Waals surface area contributed by atoms with Crippen molar-refractivity contribution < 1.29 is 23.5 Å². The first-order chi connectivity index (χ1) is 12.3. The second-order valence-corrected chi connectivity index (χ2v) is 6.48. The molecule has 26 heavy (non-hydrogen) atoms. The van der Waals surface area contributed by atoms with E-state index in [1.54, 1.807) is 43.3 Å². The lowest BCUT2D eigenvalue weighted by Gasteiger charge is -2.28. The highest BCUT2D eigenvalue weighted by atomic mass is 19.1. The van der Waals surface area contributed by atoms with Gasteiger partial charge in [0.05, 0.1) is 11.1 Å². The number of carbonyl (C=O) groups is 2. The van der Waals surface area contributed by atoms with Gasteiger partial charge < -0.3 is 10.0 Å². The first-order valence-electron chi connectivity index (χ1n) is 8.08. The van der Waals surface area contributed by atoms with Crippen LogP contribution in [-0.2, 0) is 6.42 Å². The van der Waals surface area contributed by atoms with Gasteiger partial charge in [0.1, 0.15) is 5.82 Å². The largest absolute Gasteiger partial charge is 0.505 e. The fourth-order valence-corrected chi connectivity index (χ4v) is 3.01. The summed E-state index contributed by atoms with van der Waals surface area (Å²) in [6.07, 6.45) is 0.0729. The van der Waals surface area contributed by atoms with E-state index in [1.807, 2.05) is 0 Å². The van der Waals surface area contributed by atoms with Gasteiger partial charge in [-0.25, -0.2) is 8.78 Å². The number of benzene rings is 2. The van der Waals surface area contributed by atoms with Gasteiger partial charge in [0.2, 0.25) is 0 Å². The second kappa shape index (κ2) is 6.84. The molecule has 5 nitrogen and oxygen atoms in total. The number of rotatable bonds is 5. The van der Waals surface area contributed by atoms with Crippen LogP contribution in [0.25, 0.3) is 0 Å². The van der Waals surface area contributed by atoms with Crippen LogP contribution in [0.1, 0.15) is 26.3 Å². The molecule has 0 saturated heterocycles. The summed E-state index contributed by atoms with van der Waals surface area (Å²) in [5, 5.41) is 9.24. The van der Waals surface area contributed by atoms with Gasteiger partial charge in [0.25, 0.3) is 11.8 Å². The van der Waals surface area contributed by atoms with Crippen molar-refractivity contribution in [2.45, 2.75) is 12.5 Å². The lowest BCUT2D eigenvalue weighted by Crippen LogP contribution is -2.44.